The average molecular weight is 273 g/mol. The highest BCUT2D eigenvalue weighted by Crippen LogP contribution is 2.46. The molecule has 0 unspecified atom stereocenters. The molecule has 1 heterocycles. The maximum atomic E-state index is 12.8. The van der Waals surface area contributed by atoms with E-state index in [-0.39, 0.29) is 16.9 Å². The molecule has 0 aromatic heterocycles. The SMILES string of the molecule is CC(C)(C)c1ccc2c(c1)N(C(C)(C)C)C(=O)C2(C)C. The fourth-order valence-electron chi connectivity index (χ4n) is 2.88. The summed E-state index contributed by atoms with van der Waals surface area (Å²) in [4.78, 5) is 14.8. The largest absolute Gasteiger partial charge is 0.306 e. The Morgan fingerprint density at radius 1 is 1.00 bits per heavy atom. The van der Waals surface area contributed by atoms with Crippen molar-refractivity contribution in [1.82, 2.24) is 0 Å². The van der Waals surface area contributed by atoms with E-state index in [1.54, 1.807) is 0 Å². The first kappa shape index (κ1) is 15.1. The van der Waals surface area contributed by atoms with Crippen LogP contribution in [0.15, 0.2) is 18.2 Å². The summed E-state index contributed by atoms with van der Waals surface area (Å²) in [6.07, 6.45) is 0. The zero-order valence-corrected chi connectivity index (χ0v) is 14.1. The third kappa shape index (κ3) is 2.15. The Bertz CT molecular complexity index is 556. The highest BCUT2D eigenvalue weighted by molar-refractivity contribution is 6.08. The molecule has 1 amide bonds. The van der Waals surface area contributed by atoms with Gasteiger partial charge < -0.3 is 4.90 Å². The molecule has 0 spiro atoms. The van der Waals surface area contributed by atoms with Gasteiger partial charge in [0.2, 0.25) is 5.91 Å². The van der Waals surface area contributed by atoms with E-state index in [1.165, 1.54) is 5.56 Å². The Labute approximate surface area is 123 Å². The van der Waals surface area contributed by atoms with Crippen LogP contribution in [0.1, 0.15) is 66.5 Å². The molecule has 0 aliphatic carbocycles. The summed E-state index contributed by atoms with van der Waals surface area (Å²) in [7, 11) is 0. The molecular formula is C18H27NO. The highest BCUT2D eigenvalue weighted by Gasteiger charge is 2.47. The van der Waals surface area contributed by atoms with Gasteiger partial charge in [0, 0.05) is 11.2 Å². The van der Waals surface area contributed by atoms with Gasteiger partial charge in [0.1, 0.15) is 0 Å². The maximum Gasteiger partial charge on any atom is 0.237 e. The second-order valence-electron chi connectivity index (χ2n) is 8.42. The lowest BCUT2D eigenvalue weighted by Gasteiger charge is -2.34. The van der Waals surface area contributed by atoms with Gasteiger partial charge in [-0.25, -0.2) is 0 Å². The first-order chi connectivity index (χ1) is 8.87. The third-order valence-electron chi connectivity index (χ3n) is 4.19. The standard InChI is InChI=1S/C18H27NO/c1-16(2,3)12-9-10-13-14(11-12)19(17(4,5)6)15(20)18(13,7)8/h9-11H,1-8H3. The van der Waals surface area contributed by atoms with E-state index >= 15 is 0 Å². The Balaban J connectivity index is 2.69. The molecule has 1 aliphatic rings. The molecule has 0 saturated heterocycles. The smallest absolute Gasteiger partial charge is 0.237 e. The summed E-state index contributed by atoms with van der Waals surface area (Å²) < 4.78 is 0. The number of carbonyl (C=O) groups is 1. The lowest BCUT2D eigenvalue weighted by atomic mass is 9.82. The molecule has 0 atom stereocenters. The van der Waals surface area contributed by atoms with Crippen LogP contribution < -0.4 is 4.90 Å². The molecule has 0 saturated carbocycles. The van der Waals surface area contributed by atoms with E-state index in [1.807, 2.05) is 18.7 Å². The van der Waals surface area contributed by atoms with Gasteiger partial charge in [-0.15, -0.1) is 0 Å². The number of rotatable bonds is 0. The van der Waals surface area contributed by atoms with E-state index in [2.05, 4.69) is 59.7 Å². The summed E-state index contributed by atoms with van der Waals surface area (Å²) in [6, 6.07) is 6.51. The Morgan fingerprint density at radius 3 is 2.00 bits per heavy atom. The molecule has 1 aromatic carbocycles. The van der Waals surface area contributed by atoms with E-state index in [4.69, 9.17) is 0 Å². The van der Waals surface area contributed by atoms with Crippen molar-refractivity contribution in [1.29, 1.82) is 0 Å². The molecule has 2 nitrogen and oxygen atoms in total. The van der Waals surface area contributed by atoms with Gasteiger partial charge in [0.05, 0.1) is 5.41 Å². The van der Waals surface area contributed by atoms with Crippen LogP contribution in [0.2, 0.25) is 0 Å². The van der Waals surface area contributed by atoms with Crippen LogP contribution in [0.5, 0.6) is 0 Å². The molecule has 0 N–H and O–H groups in total. The average Bonchev–Trinajstić information content (AvgIpc) is 2.45. The molecular weight excluding hydrogens is 246 g/mol. The van der Waals surface area contributed by atoms with Gasteiger partial charge >= 0.3 is 0 Å². The third-order valence-corrected chi connectivity index (χ3v) is 4.19. The number of amides is 1. The minimum absolute atomic E-state index is 0.0916. The molecule has 1 aliphatic heterocycles. The van der Waals surface area contributed by atoms with Gasteiger partial charge in [-0.2, -0.15) is 0 Å². The predicted octanol–water partition coefficient (Wildman–Crippen LogP) is 4.41. The second-order valence-corrected chi connectivity index (χ2v) is 8.42. The molecule has 2 heteroatoms. The number of nitrogens with zero attached hydrogens (tertiary/aromatic N) is 1. The van der Waals surface area contributed by atoms with E-state index < -0.39 is 5.41 Å². The van der Waals surface area contributed by atoms with Crippen LogP contribution in [-0.4, -0.2) is 11.4 Å². The molecule has 110 valence electrons. The zero-order chi connectivity index (χ0) is 15.5. The number of carbonyl (C=O) groups excluding carboxylic acids is 1. The lowest BCUT2D eigenvalue weighted by Crippen LogP contribution is -2.47. The van der Waals surface area contributed by atoms with Gasteiger partial charge in [-0.1, -0.05) is 32.9 Å². The topological polar surface area (TPSA) is 20.3 Å². The van der Waals surface area contributed by atoms with Crippen molar-refractivity contribution in [2.75, 3.05) is 4.90 Å². The van der Waals surface area contributed by atoms with Gasteiger partial charge in [-0.05, 0) is 57.2 Å². The molecule has 0 fully saturated rings. The molecule has 2 rings (SSSR count). The quantitative estimate of drug-likeness (QED) is 0.686. The first-order valence-electron chi connectivity index (χ1n) is 7.36. The number of hydrogen-bond acceptors (Lipinski definition) is 1. The summed E-state index contributed by atoms with van der Waals surface area (Å²) >= 11 is 0. The van der Waals surface area contributed by atoms with Crippen molar-refractivity contribution in [2.45, 2.75) is 71.8 Å². The monoisotopic (exact) mass is 273 g/mol. The van der Waals surface area contributed by atoms with Crippen molar-refractivity contribution < 1.29 is 4.79 Å². The first-order valence-corrected chi connectivity index (χ1v) is 7.36. The molecule has 20 heavy (non-hydrogen) atoms. The van der Waals surface area contributed by atoms with Crippen molar-refractivity contribution in [3.8, 4) is 0 Å². The summed E-state index contributed by atoms with van der Waals surface area (Å²) in [5, 5.41) is 0. The minimum Gasteiger partial charge on any atom is -0.306 e. The Hall–Kier alpha value is -1.31. The molecule has 0 radical (unpaired) electrons. The van der Waals surface area contributed by atoms with Gasteiger partial charge in [0.15, 0.2) is 0 Å². The summed E-state index contributed by atoms with van der Waals surface area (Å²) in [5.41, 5.74) is 2.96. The van der Waals surface area contributed by atoms with Crippen molar-refractivity contribution >= 4 is 11.6 Å². The van der Waals surface area contributed by atoms with Crippen molar-refractivity contribution in [2.24, 2.45) is 0 Å². The minimum atomic E-state index is -0.432. The number of benzene rings is 1. The fraction of sp³-hybridized carbons (Fsp3) is 0.611. The second kappa shape index (κ2) is 4.09. The maximum absolute atomic E-state index is 12.8. The van der Waals surface area contributed by atoms with E-state index in [0.29, 0.717) is 0 Å². The van der Waals surface area contributed by atoms with Crippen molar-refractivity contribution in [3.63, 3.8) is 0 Å². The van der Waals surface area contributed by atoms with Crippen LogP contribution >= 0.6 is 0 Å². The molecule has 0 bridgehead atoms. The van der Waals surface area contributed by atoms with Crippen LogP contribution in [0.4, 0.5) is 5.69 Å². The fourth-order valence-corrected chi connectivity index (χ4v) is 2.88. The van der Waals surface area contributed by atoms with Gasteiger partial charge in [0.25, 0.3) is 0 Å². The number of fused-ring (bicyclic) bond motifs is 1. The van der Waals surface area contributed by atoms with Crippen LogP contribution in [-0.2, 0) is 15.6 Å². The van der Waals surface area contributed by atoms with Gasteiger partial charge in [-0.3, -0.25) is 4.79 Å². The molecule has 1 aromatic rings. The van der Waals surface area contributed by atoms with Crippen LogP contribution in [0.25, 0.3) is 0 Å². The van der Waals surface area contributed by atoms with E-state index in [0.717, 1.165) is 11.3 Å². The Morgan fingerprint density at radius 2 is 1.55 bits per heavy atom. The van der Waals surface area contributed by atoms with Crippen molar-refractivity contribution in [3.05, 3.63) is 29.3 Å². The predicted molar refractivity (Wildman–Crippen MR) is 85.4 cm³/mol. The normalized spacial score (nSPS) is 18.4. The number of anilines is 1. The van der Waals surface area contributed by atoms with Crippen LogP contribution in [0.3, 0.4) is 0 Å². The summed E-state index contributed by atoms with van der Waals surface area (Å²) in [6.45, 7) is 17.0. The van der Waals surface area contributed by atoms with E-state index in [9.17, 15) is 4.79 Å². The number of hydrogen-bond donors (Lipinski definition) is 0. The zero-order valence-electron chi connectivity index (χ0n) is 14.1. The van der Waals surface area contributed by atoms with Crippen LogP contribution in [0, 0.1) is 0 Å². The lowest BCUT2D eigenvalue weighted by molar-refractivity contribution is -0.123. The summed E-state index contributed by atoms with van der Waals surface area (Å²) in [5.74, 6) is 0.200. The highest BCUT2D eigenvalue weighted by atomic mass is 16.2. The Kier molecular flexibility index (Phi) is 3.09.